The average molecular weight is 304 g/mol. The van der Waals surface area contributed by atoms with E-state index in [2.05, 4.69) is 18.9 Å². The summed E-state index contributed by atoms with van der Waals surface area (Å²) in [6.45, 7) is 1.54. The Kier molecular flexibility index (Phi) is 7.40. The summed E-state index contributed by atoms with van der Waals surface area (Å²) in [6.07, 6.45) is -0.473. The van der Waals surface area contributed by atoms with Crippen molar-refractivity contribution >= 4 is 23.9 Å². The van der Waals surface area contributed by atoms with E-state index in [9.17, 15) is 19.2 Å². The fourth-order valence-electron chi connectivity index (χ4n) is 1.97. The molecule has 0 aromatic heterocycles. The van der Waals surface area contributed by atoms with Crippen molar-refractivity contribution in [2.45, 2.75) is 19.8 Å². The van der Waals surface area contributed by atoms with Gasteiger partial charge in [0.15, 0.2) is 11.3 Å². The summed E-state index contributed by atoms with van der Waals surface area (Å²) in [4.78, 5) is 47.4. The molecule has 120 valence electrons. The monoisotopic (exact) mass is 304 g/mol. The van der Waals surface area contributed by atoms with Crippen LogP contribution < -0.4 is 0 Å². The van der Waals surface area contributed by atoms with E-state index in [-0.39, 0.29) is 6.42 Å². The predicted molar refractivity (Wildman–Crippen MR) is 68.9 cm³/mol. The van der Waals surface area contributed by atoms with Crippen molar-refractivity contribution in [3.05, 3.63) is 0 Å². The number of ether oxygens (including phenoxy) is 4. The molecule has 0 amide bonds. The highest BCUT2D eigenvalue weighted by Crippen LogP contribution is 2.34. The molecule has 0 atom stereocenters. The fourth-order valence-corrected chi connectivity index (χ4v) is 1.97. The van der Waals surface area contributed by atoms with Crippen LogP contribution in [0.5, 0.6) is 0 Å². The van der Waals surface area contributed by atoms with E-state index < -0.39 is 41.6 Å². The third-order valence-corrected chi connectivity index (χ3v) is 3.28. The SMILES string of the molecule is CCC(CC(C(=O)OC)C(=O)OC)(C(=O)OC)C(=O)OC. The number of methoxy groups -OCH3 is 4. The number of hydrogen-bond acceptors (Lipinski definition) is 8. The van der Waals surface area contributed by atoms with Crippen molar-refractivity contribution in [3.8, 4) is 0 Å². The van der Waals surface area contributed by atoms with Crippen LogP contribution in [-0.4, -0.2) is 52.3 Å². The Morgan fingerprint density at radius 3 is 1.43 bits per heavy atom. The molecule has 0 rings (SSSR count). The summed E-state index contributed by atoms with van der Waals surface area (Å²) in [5, 5.41) is 0. The minimum atomic E-state index is -1.78. The molecular formula is C13H20O8. The molecule has 8 heteroatoms. The van der Waals surface area contributed by atoms with Crippen molar-refractivity contribution in [2.75, 3.05) is 28.4 Å². The molecule has 0 aliphatic rings. The summed E-state index contributed by atoms with van der Waals surface area (Å²) in [7, 11) is 4.37. The Morgan fingerprint density at radius 2 is 1.19 bits per heavy atom. The van der Waals surface area contributed by atoms with Crippen LogP contribution in [0.4, 0.5) is 0 Å². The first-order valence-electron chi connectivity index (χ1n) is 6.17. The molecule has 0 spiro atoms. The summed E-state index contributed by atoms with van der Waals surface area (Å²) < 4.78 is 18.2. The molecule has 0 aromatic carbocycles. The summed E-state index contributed by atoms with van der Waals surface area (Å²) in [6, 6.07) is 0. The molecule has 0 aromatic rings. The van der Waals surface area contributed by atoms with Crippen molar-refractivity contribution in [3.63, 3.8) is 0 Å². The smallest absolute Gasteiger partial charge is 0.323 e. The van der Waals surface area contributed by atoms with Crippen LogP contribution in [0.15, 0.2) is 0 Å². The Labute approximate surface area is 122 Å². The van der Waals surface area contributed by atoms with E-state index in [1.807, 2.05) is 0 Å². The molecule has 0 fully saturated rings. The van der Waals surface area contributed by atoms with Gasteiger partial charge in [0, 0.05) is 0 Å². The van der Waals surface area contributed by atoms with Gasteiger partial charge in [-0.2, -0.15) is 0 Å². The normalized spacial score (nSPS) is 10.8. The minimum absolute atomic E-state index is 0.0170. The summed E-state index contributed by atoms with van der Waals surface area (Å²) >= 11 is 0. The lowest BCUT2D eigenvalue weighted by atomic mass is 9.76. The molecule has 0 saturated carbocycles. The second kappa shape index (κ2) is 8.23. The average Bonchev–Trinajstić information content (AvgIpc) is 2.53. The van der Waals surface area contributed by atoms with Crippen LogP contribution in [0.25, 0.3) is 0 Å². The molecule has 0 N–H and O–H groups in total. The maximum absolute atomic E-state index is 12.0. The molecule has 0 bridgehead atoms. The lowest BCUT2D eigenvalue weighted by molar-refractivity contribution is -0.173. The Hall–Kier alpha value is -2.12. The van der Waals surface area contributed by atoms with Gasteiger partial charge in [0.1, 0.15) is 0 Å². The van der Waals surface area contributed by atoms with Crippen LogP contribution in [0.1, 0.15) is 19.8 Å². The first-order chi connectivity index (χ1) is 9.84. The van der Waals surface area contributed by atoms with Crippen LogP contribution in [0, 0.1) is 11.3 Å². The first-order valence-corrected chi connectivity index (χ1v) is 6.17. The zero-order valence-corrected chi connectivity index (χ0v) is 12.8. The molecule has 0 aliphatic heterocycles. The van der Waals surface area contributed by atoms with E-state index in [1.54, 1.807) is 6.92 Å². The zero-order valence-electron chi connectivity index (χ0n) is 12.8. The van der Waals surface area contributed by atoms with Crippen molar-refractivity contribution in [1.29, 1.82) is 0 Å². The van der Waals surface area contributed by atoms with Gasteiger partial charge in [-0.1, -0.05) is 6.92 Å². The number of carbonyl (C=O) groups excluding carboxylic acids is 4. The Bertz CT molecular complexity index is 382. The van der Waals surface area contributed by atoms with Crippen molar-refractivity contribution in [2.24, 2.45) is 11.3 Å². The maximum Gasteiger partial charge on any atom is 0.323 e. The largest absolute Gasteiger partial charge is 0.468 e. The molecular weight excluding hydrogens is 284 g/mol. The van der Waals surface area contributed by atoms with Crippen LogP contribution in [-0.2, 0) is 38.1 Å². The number of carbonyl (C=O) groups is 4. The van der Waals surface area contributed by atoms with Gasteiger partial charge in [-0.05, 0) is 12.8 Å². The molecule has 0 unspecified atom stereocenters. The standard InChI is InChI=1S/C13H20O8/c1-6-13(11(16)20-4,12(17)21-5)7-8(9(14)18-2)10(15)19-3/h8H,6-7H2,1-5H3. The second-order valence-corrected chi connectivity index (χ2v) is 4.22. The second-order valence-electron chi connectivity index (χ2n) is 4.22. The first kappa shape index (κ1) is 18.9. The minimum Gasteiger partial charge on any atom is -0.468 e. The van der Waals surface area contributed by atoms with Crippen LogP contribution >= 0.6 is 0 Å². The van der Waals surface area contributed by atoms with Gasteiger partial charge in [0.25, 0.3) is 0 Å². The van der Waals surface area contributed by atoms with Gasteiger partial charge < -0.3 is 18.9 Å². The van der Waals surface area contributed by atoms with Gasteiger partial charge in [-0.25, -0.2) is 0 Å². The van der Waals surface area contributed by atoms with Gasteiger partial charge in [-0.15, -0.1) is 0 Å². The van der Waals surface area contributed by atoms with E-state index in [1.165, 1.54) is 0 Å². The van der Waals surface area contributed by atoms with E-state index >= 15 is 0 Å². The maximum atomic E-state index is 12.0. The molecule has 0 radical (unpaired) electrons. The highest BCUT2D eigenvalue weighted by molar-refractivity contribution is 6.02. The van der Waals surface area contributed by atoms with E-state index in [4.69, 9.17) is 0 Å². The van der Waals surface area contributed by atoms with E-state index in [0.29, 0.717) is 0 Å². The Morgan fingerprint density at radius 1 is 0.810 bits per heavy atom. The fraction of sp³-hybridized carbons (Fsp3) is 0.692. The van der Waals surface area contributed by atoms with Gasteiger partial charge in [0.2, 0.25) is 0 Å². The lowest BCUT2D eigenvalue weighted by Gasteiger charge is -2.28. The van der Waals surface area contributed by atoms with Gasteiger partial charge >= 0.3 is 23.9 Å². The lowest BCUT2D eigenvalue weighted by Crippen LogP contribution is -2.45. The topological polar surface area (TPSA) is 105 Å². The van der Waals surface area contributed by atoms with Crippen LogP contribution in [0.3, 0.4) is 0 Å². The van der Waals surface area contributed by atoms with Gasteiger partial charge in [0.05, 0.1) is 28.4 Å². The highest BCUT2D eigenvalue weighted by atomic mass is 16.6. The van der Waals surface area contributed by atoms with Crippen molar-refractivity contribution < 1.29 is 38.1 Å². The molecule has 0 heterocycles. The third-order valence-electron chi connectivity index (χ3n) is 3.28. The molecule has 8 nitrogen and oxygen atoms in total. The van der Waals surface area contributed by atoms with Crippen LogP contribution in [0.2, 0.25) is 0 Å². The Balaban J connectivity index is 5.72. The summed E-state index contributed by atoms with van der Waals surface area (Å²) in [5.41, 5.74) is -1.78. The summed E-state index contributed by atoms with van der Waals surface area (Å²) in [5.74, 6) is -5.04. The predicted octanol–water partition coefficient (Wildman–Crippen LogP) is 0.0811. The molecule has 0 saturated heterocycles. The zero-order chi connectivity index (χ0) is 16.6. The van der Waals surface area contributed by atoms with Crippen molar-refractivity contribution in [1.82, 2.24) is 0 Å². The number of rotatable bonds is 7. The van der Waals surface area contributed by atoms with E-state index in [0.717, 1.165) is 28.4 Å². The molecule has 21 heavy (non-hydrogen) atoms. The number of hydrogen-bond donors (Lipinski definition) is 0. The number of esters is 4. The third kappa shape index (κ3) is 3.93. The molecule has 0 aliphatic carbocycles. The highest BCUT2D eigenvalue weighted by Gasteiger charge is 2.51. The quantitative estimate of drug-likeness (QED) is 0.370. The van der Waals surface area contributed by atoms with Gasteiger partial charge in [-0.3, -0.25) is 19.2 Å².